The first kappa shape index (κ1) is 5.78. The summed E-state index contributed by atoms with van der Waals surface area (Å²) >= 11 is 4.76. The molecule has 0 aromatic heterocycles. The minimum Gasteiger partial charge on any atom is -0.360 e. The van der Waals surface area contributed by atoms with Crippen molar-refractivity contribution in [1.29, 1.82) is 0 Å². The Morgan fingerprint density at radius 2 is 2.62 bits per heavy atom. The maximum Gasteiger partial charge on any atom is 0.168 e. The molecular formula is C4H8N2OS. The van der Waals surface area contributed by atoms with Gasteiger partial charge in [0.25, 0.3) is 0 Å². The van der Waals surface area contributed by atoms with E-state index in [1.54, 1.807) is 7.11 Å². The molecule has 0 saturated carbocycles. The zero-order valence-electron chi connectivity index (χ0n) is 4.60. The summed E-state index contributed by atoms with van der Waals surface area (Å²) in [5.74, 6) is 0. The lowest BCUT2D eigenvalue weighted by atomic mass is 10.6. The van der Waals surface area contributed by atoms with Gasteiger partial charge in [-0.1, -0.05) is 0 Å². The molecule has 1 unspecified atom stereocenters. The van der Waals surface area contributed by atoms with Gasteiger partial charge in [0.2, 0.25) is 0 Å². The summed E-state index contributed by atoms with van der Waals surface area (Å²) in [6.45, 7) is 0.773. The number of ether oxygens (including phenoxy) is 1. The number of hydrogen-bond donors (Lipinski definition) is 2. The van der Waals surface area contributed by atoms with Gasteiger partial charge >= 0.3 is 0 Å². The minimum atomic E-state index is 0.0718. The fourth-order valence-corrected chi connectivity index (χ4v) is 0.791. The van der Waals surface area contributed by atoms with Crippen LogP contribution in [0.1, 0.15) is 0 Å². The Morgan fingerprint density at radius 1 is 1.88 bits per heavy atom. The smallest absolute Gasteiger partial charge is 0.168 e. The quantitative estimate of drug-likeness (QED) is 0.468. The largest absolute Gasteiger partial charge is 0.360 e. The molecule has 2 N–H and O–H groups in total. The summed E-state index contributed by atoms with van der Waals surface area (Å²) in [5.41, 5.74) is 0. The zero-order chi connectivity index (χ0) is 5.98. The fourth-order valence-electron chi connectivity index (χ4n) is 0.576. The molecule has 1 rings (SSSR count). The summed E-state index contributed by atoms with van der Waals surface area (Å²) in [6.07, 6.45) is 0.0718. The highest BCUT2D eigenvalue weighted by molar-refractivity contribution is 7.80. The Bertz CT molecular complexity index is 106. The van der Waals surface area contributed by atoms with Gasteiger partial charge in [-0.3, -0.25) is 0 Å². The van der Waals surface area contributed by atoms with Gasteiger partial charge < -0.3 is 15.4 Å². The fraction of sp³-hybridized carbons (Fsp3) is 0.750. The van der Waals surface area contributed by atoms with Crippen molar-refractivity contribution < 1.29 is 4.74 Å². The summed E-state index contributed by atoms with van der Waals surface area (Å²) in [6, 6.07) is 0. The van der Waals surface area contributed by atoms with Crippen molar-refractivity contribution in [2.24, 2.45) is 0 Å². The molecule has 1 heterocycles. The standard InChI is InChI=1S/C4H8N2OS/c1-7-3-2-5-4(8)6-3/h3H,2H2,1H3,(H2,5,6,8). The van der Waals surface area contributed by atoms with Gasteiger partial charge in [-0.15, -0.1) is 0 Å². The maximum atomic E-state index is 4.92. The molecule has 3 nitrogen and oxygen atoms in total. The highest BCUT2D eigenvalue weighted by Crippen LogP contribution is 1.88. The van der Waals surface area contributed by atoms with E-state index >= 15 is 0 Å². The Kier molecular flexibility index (Phi) is 1.65. The molecule has 1 aliphatic rings. The van der Waals surface area contributed by atoms with Gasteiger partial charge in [-0.25, -0.2) is 0 Å². The molecule has 1 atom stereocenters. The third kappa shape index (κ3) is 1.08. The average molecular weight is 132 g/mol. The molecule has 0 aromatic rings. The lowest BCUT2D eigenvalue weighted by molar-refractivity contribution is 0.106. The Balaban J connectivity index is 2.32. The highest BCUT2D eigenvalue weighted by atomic mass is 32.1. The SMILES string of the molecule is COC1CNC(=S)N1. The summed E-state index contributed by atoms with van der Waals surface area (Å²) in [4.78, 5) is 0. The van der Waals surface area contributed by atoms with E-state index in [1.807, 2.05) is 0 Å². The molecule has 0 aliphatic carbocycles. The summed E-state index contributed by atoms with van der Waals surface area (Å²) in [5, 5.41) is 6.50. The molecule has 0 radical (unpaired) electrons. The number of methoxy groups -OCH3 is 1. The second-order valence-corrected chi connectivity index (χ2v) is 1.99. The van der Waals surface area contributed by atoms with Crippen molar-refractivity contribution in [2.45, 2.75) is 6.23 Å². The van der Waals surface area contributed by atoms with Crippen LogP contribution in [0.25, 0.3) is 0 Å². The molecular weight excluding hydrogens is 124 g/mol. The van der Waals surface area contributed by atoms with Crippen molar-refractivity contribution in [3.05, 3.63) is 0 Å². The predicted octanol–water partition coefficient (Wildman–Crippen LogP) is -0.563. The molecule has 46 valence electrons. The van der Waals surface area contributed by atoms with Crippen LogP contribution in [-0.2, 0) is 4.74 Å². The van der Waals surface area contributed by atoms with Crippen LogP contribution in [0, 0.1) is 0 Å². The van der Waals surface area contributed by atoms with Gasteiger partial charge in [0.05, 0.1) is 6.54 Å². The third-order valence-corrected chi connectivity index (χ3v) is 1.29. The van der Waals surface area contributed by atoms with Gasteiger partial charge in [-0.2, -0.15) is 0 Å². The molecule has 1 aliphatic heterocycles. The molecule has 1 fully saturated rings. The number of thiocarbonyl (C=S) groups is 1. The molecule has 8 heavy (non-hydrogen) atoms. The van der Waals surface area contributed by atoms with Gasteiger partial charge in [0, 0.05) is 7.11 Å². The van der Waals surface area contributed by atoms with E-state index in [0.29, 0.717) is 5.11 Å². The van der Waals surface area contributed by atoms with Crippen LogP contribution in [0.2, 0.25) is 0 Å². The first-order valence-corrected chi connectivity index (χ1v) is 2.81. The topological polar surface area (TPSA) is 33.3 Å². The van der Waals surface area contributed by atoms with E-state index in [0.717, 1.165) is 6.54 Å². The molecule has 1 saturated heterocycles. The average Bonchev–Trinajstić information content (AvgIpc) is 2.14. The molecule has 0 aromatic carbocycles. The van der Waals surface area contributed by atoms with Crippen LogP contribution in [0.15, 0.2) is 0 Å². The maximum absolute atomic E-state index is 4.92. The normalized spacial score (nSPS) is 27.1. The number of rotatable bonds is 1. The Labute approximate surface area is 53.4 Å². The van der Waals surface area contributed by atoms with Crippen LogP contribution < -0.4 is 10.6 Å². The van der Waals surface area contributed by atoms with E-state index in [4.69, 9.17) is 17.0 Å². The van der Waals surface area contributed by atoms with Gasteiger partial charge in [0.1, 0.15) is 6.23 Å². The zero-order valence-corrected chi connectivity index (χ0v) is 5.42. The summed E-state index contributed by atoms with van der Waals surface area (Å²) < 4.78 is 4.92. The predicted molar refractivity (Wildman–Crippen MR) is 34.5 cm³/mol. The van der Waals surface area contributed by atoms with Gasteiger partial charge in [0.15, 0.2) is 5.11 Å². The van der Waals surface area contributed by atoms with Crippen molar-refractivity contribution in [2.75, 3.05) is 13.7 Å². The molecule has 0 spiro atoms. The monoisotopic (exact) mass is 132 g/mol. The highest BCUT2D eigenvalue weighted by Gasteiger charge is 2.14. The van der Waals surface area contributed by atoms with Crippen LogP contribution >= 0.6 is 12.2 Å². The third-order valence-electron chi connectivity index (χ3n) is 1.02. The lowest BCUT2D eigenvalue weighted by Gasteiger charge is -2.03. The molecule has 0 bridgehead atoms. The summed E-state index contributed by atoms with van der Waals surface area (Å²) in [7, 11) is 1.65. The van der Waals surface area contributed by atoms with Crippen molar-refractivity contribution >= 4 is 17.3 Å². The number of hydrogen-bond acceptors (Lipinski definition) is 2. The van der Waals surface area contributed by atoms with E-state index in [2.05, 4.69) is 10.6 Å². The number of nitrogens with one attached hydrogen (secondary N) is 2. The first-order chi connectivity index (χ1) is 3.83. The molecule has 0 amide bonds. The van der Waals surface area contributed by atoms with Crippen LogP contribution in [0.5, 0.6) is 0 Å². The van der Waals surface area contributed by atoms with Crippen molar-refractivity contribution in [1.82, 2.24) is 10.6 Å². The van der Waals surface area contributed by atoms with E-state index in [-0.39, 0.29) is 6.23 Å². The second kappa shape index (κ2) is 2.28. The van der Waals surface area contributed by atoms with E-state index in [9.17, 15) is 0 Å². The van der Waals surface area contributed by atoms with E-state index < -0.39 is 0 Å². The van der Waals surface area contributed by atoms with Crippen molar-refractivity contribution in [3.8, 4) is 0 Å². The minimum absolute atomic E-state index is 0.0718. The van der Waals surface area contributed by atoms with Crippen LogP contribution in [0.4, 0.5) is 0 Å². The van der Waals surface area contributed by atoms with Crippen molar-refractivity contribution in [3.63, 3.8) is 0 Å². The van der Waals surface area contributed by atoms with E-state index in [1.165, 1.54) is 0 Å². The van der Waals surface area contributed by atoms with Crippen LogP contribution in [0.3, 0.4) is 0 Å². The van der Waals surface area contributed by atoms with Crippen LogP contribution in [-0.4, -0.2) is 25.0 Å². The Hall–Kier alpha value is -0.350. The Morgan fingerprint density at radius 3 is 2.88 bits per heavy atom. The molecule has 4 heteroatoms. The lowest BCUT2D eigenvalue weighted by Crippen LogP contribution is -2.27. The first-order valence-electron chi connectivity index (χ1n) is 2.40. The van der Waals surface area contributed by atoms with Gasteiger partial charge in [-0.05, 0) is 12.2 Å². The second-order valence-electron chi connectivity index (χ2n) is 1.58.